The van der Waals surface area contributed by atoms with Crippen molar-refractivity contribution in [3.63, 3.8) is 0 Å². The molecule has 2 aliphatic rings. The maximum absolute atomic E-state index is 13.1. The second-order valence-electron chi connectivity index (χ2n) is 6.94. The molecule has 8 nitrogen and oxygen atoms in total. The Morgan fingerprint density at radius 1 is 1.03 bits per heavy atom. The van der Waals surface area contributed by atoms with Gasteiger partial charge in [-0.3, -0.25) is 4.79 Å². The van der Waals surface area contributed by atoms with E-state index in [-0.39, 0.29) is 28.3 Å². The lowest BCUT2D eigenvalue weighted by molar-refractivity contribution is 0.481. The van der Waals surface area contributed by atoms with Crippen molar-refractivity contribution < 1.29 is 13.9 Å². The average Bonchev–Trinajstić information content (AvgIpc) is 3.10. The Morgan fingerprint density at radius 3 is 2.59 bits per heavy atom. The number of pyridine rings is 1. The molecule has 0 saturated heterocycles. The predicted molar refractivity (Wildman–Crippen MR) is 106 cm³/mol. The van der Waals surface area contributed by atoms with Crippen molar-refractivity contribution in [2.75, 3.05) is 0 Å². The van der Waals surface area contributed by atoms with E-state index in [0.717, 1.165) is 0 Å². The number of hydrogen-bond donors (Lipinski definition) is 1. The van der Waals surface area contributed by atoms with Gasteiger partial charge in [-0.15, -0.1) is 10.2 Å². The molecule has 0 spiro atoms. The molecule has 2 aromatic heterocycles. The quantitative estimate of drug-likeness (QED) is 0.469. The van der Waals surface area contributed by atoms with Crippen LogP contribution in [0, 0.1) is 13.8 Å². The minimum Gasteiger partial charge on any atom is -0.506 e. The van der Waals surface area contributed by atoms with Gasteiger partial charge in [0.25, 0.3) is 5.56 Å². The van der Waals surface area contributed by atoms with Gasteiger partial charge in [0.05, 0.1) is 11.1 Å². The highest BCUT2D eigenvalue weighted by Crippen LogP contribution is 2.40. The van der Waals surface area contributed by atoms with Crippen LogP contribution < -0.4 is 11.2 Å². The third-order valence-electron chi connectivity index (χ3n) is 5.20. The van der Waals surface area contributed by atoms with Gasteiger partial charge in [-0.1, -0.05) is 12.1 Å². The molecular weight excluding hydrogens is 374 g/mol. The molecule has 1 aromatic carbocycles. The third kappa shape index (κ3) is 2.25. The van der Waals surface area contributed by atoms with Crippen molar-refractivity contribution in [3.8, 4) is 28.5 Å². The number of rotatable bonds is 1. The lowest BCUT2D eigenvalue weighted by Crippen LogP contribution is -2.19. The highest BCUT2D eigenvalue weighted by Gasteiger charge is 2.28. The Kier molecular flexibility index (Phi) is 3.42. The minimum absolute atomic E-state index is 0.00264. The van der Waals surface area contributed by atoms with E-state index in [1.165, 1.54) is 4.57 Å². The van der Waals surface area contributed by atoms with E-state index in [0.29, 0.717) is 33.4 Å². The van der Waals surface area contributed by atoms with Gasteiger partial charge >= 0.3 is 5.63 Å². The van der Waals surface area contributed by atoms with Gasteiger partial charge in [0.15, 0.2) is 0 Å². The number of aromatic nitrogens is 3. The Labute approximate surface area is 163 Å². The molecule has 0 atom stereocenters. The van der Waals surface area contributed by atoms with Crippen LogP contribution in [0.15, 0.2) is 48.8 Å². The first-order valence-corrected chi connectivity index (χ1v) is 8.89. The van der Waals surface area contributed by atoms with Crippen LogP contribution in [0.4, 0.5) is 0 Å². The number of para-hydroxylation sites is 1. The highest BCUT2D eigenvalue weighted by atomic mass is 16.4. The molecule has 0 aliphatic carbocycles. The predicted octanol–water partition coefficient (Wildman–Crippen LogP) is 3.12. The van der Waals surface area contributed by atoms with E-state index in [1.807, 2.05) is 0 Å². The van der Waals surface area contributed by atoms with E-state index in [4.69, 9.17) is 8.83 Å². The molecule has 29 heavy (non-hydrogen) atoms. The molecule has 0 unspecified atom stereocenters. The summed E-state index contributed by atoms with van der Waals surface area (Å²) in [5.41, 5.74) is 0.997. The number of aryl methyl sites for hydroxylation is 3. The third-order valence-corrected chi connectivity index (χ3v) is 5.20. The molecular formula is C21H15N3O5. The molecule has 0 radical (unpaired) electrons. The zero-order valence-corrected chi connectivity index (χ0v) is 15.8. The molecule has 8 heteroatoms. The van der Waals surface area contributed by atoms with Crippen molar-refractivity contribution in [2.24, 2.45) is 7.05 Å². The van der Waals surface area contributed by atoms with E-state index in [9.17, 15) is 14.7 Å². The van der Waals surface area contributed by atoms with Gasteiger partial charge in [-0.05, 0) is 31.5 Å². The average molecular weight is 389 g/mol. The Bertz CT molecular complexity index is 1540. The van der Waals surface area contributed by atoms with Gasteiger partial charge in [-0.2, -0.15) is 0 Å². The molecule has 144 valence electrons. The van der Waals surface area contributed by atoms with Crippen molar-refractivity contribution in [1.29, 1.82) is 0 Å². The lowest BCUT2D eigenvalue weighted by Gasteiger charge is -2.12. The molecule has 0 fully saturated rings. The van der Waals surface area contributed by atoms with Gasteiger partial charge in [0, 0.05) is 18.5 Å². The standard InChI is InChI=1S/C21H15N3O5/c1-9-8-13-14(21(27)28-9)10(2)15-17(22-23-19(15)29-13)16-18(25)11-6-4-5-7-12(11)24(3)20(16)26/h4-8,25H,1-3H3. The first kappa shape index (κ1) is 17.2. The van der Waals surface area contributed by atoms with Crippen molar-refractivity contribution in [2.45, 2.75) is 13.8 Å². The van der Waals surface area contributed by atoms with Crippen molar-refractivity contribution in [3.05, 3.63) is 62.4 Å². The first-order valence-electron chi connectivity index (χ1n) is 8.89. The smallest absolute Gasteiger partial charge is 0.347 e. The molecule has 1 N–H and O–H groups in total. The van der Waals surface area contributed by atoms with Crippen molar-refractivity contribution in [1.82, 2.24) is 14.8 Å². The molecule has 0 bridgehead atoms. The summed E-state index contributed by atoms with van der Waals surface area (Å²) in [6.45, 7) is 3.36. The fraction of sp³-hybridized carbons (Fsp3) is 0.143. The molecule has 4 heterocycles. The summed E-state index contributed by atoms with van der Waals surface area (Å²) in [6, 6.07) is 8.62. The van der Waals surface area contributed by atoms with Crippen LogP contribution in [0.1, 0.15) is 11.3 Å². The second kappa shape index (κ2) is 5.78. The van der Waals surface area contributed by atoms with E-state index in [2.05, 4.69) is 10.2 Å². The summed E-state index contributed by atoms with van der Waals surface area (Å²) in [4.78, 5) is 25.5. The summed E-state index contributed by atoms with van der Waals surface area (Å²) in [5, 5.41) is 19.8. The van der Waals surface area contributed by atoms with E-state index < -0.39 is 11.2 Å². The molecule has 0 amide bonds. The number of nitrogens with zero attached hydrogens (tertiary/aromatic N) is 3. The van der Waals surface area contributed by atoms with Crippen LogP contribution in [-0.4, -0.2) is 19.9 Å². The van der Waals surface area contributed by atoms with E-state index in [1.54, 1.807) is 51.2 Å². The van der Waals surface area contributed by atoms with Gasteiger partial charge in [0.1, 0.15) is 33.7 Å². The van der Waals surface area contributed by atoms with Crippen LogP contribution in [0.5, 0.6) is 5.75 Å². The maximum Gasteiger partial charge on any atom is 0.347 e. The number of fused-ring (bicyclic) bond motifs is 3. The van der Waals surface area contributed by atoms with Crippen molar-refractivity contribution >= 4 is 21.9 Å². The SMILES string of the molecule is Cc1cc2oc3nnc(-c4c(O)c5ccccc5n(C)c4=O)c-3c(C)c2c(=O)o1. The monoisotopic (exact) mass is 389 g/mol. The van der Waals surface area contributed by atoms with Crippen LogP contribution >= 0.6 is 0 Å². The van der Waals surface area contributed by atoms with Gasteiger partial charge < -0.3 is 18.5 Å². The summed E-state index contributed by atoms with van der Waals surface area (Å²) in [6.07, 6.45) is 0. The Morgan fingerprint density at radius 2 is 1.79 bits per heavy atom. The molecule has 5 rings (SSSR count). The van der Waals surface area contributed by atoms with Gasteiger partial charge in [0.2, 0.25) is 5.89 Å². The number of hydrogen-bond acceptors (Lipinski definition) is 7. The number of benzene rings is 1. The first-order chi connectivity index (χ1) is 13.9. The summed E-state index contributed by atoms with van der Waals surface area (Å²) >= 11 is 0. The van der Waals surface area contributed by atoms with Crippen LogP contribution in [0.3, 0.4) is 0 Å². The zero-order chi connectivity index (χ0) is 20.4. The lowest BCUT2D eigenvalue weighted by atomic mass is 9.99. The Balaban J connectivity index is 1.94. The van der Waals surface area contributed by atoms with Crippen LogP contribution in [0.2, 0.25) is 0 Å². The summed E-state index contributed by atoms with van der Waals surface area (Å²) < 4.78 is 12.4. The molecule has 2 aliphatic heterocycles. The molecule has 3 aromatic rings. The normalized spacial score (nSPS) is 11.7. The topological polar surface area (TPSA) is 111 Å². The largest absolute Gasteiger partial charge is 0.506 e. The second-order valence-corrected chi connectivity index (χ2v) is 6.94. The summed E-state index contributed by atoms with van der Waals surface area (Å²) in [7, 11) is 1.62. The van der Waals surface area contributed by atoms with Crippen LogP contribution in [-0.2, 0) is 7.05 Å². The van der Waals surface area contributed by atoms with Crippen LogP contribution in [0.25, 0.3) is 44.6 Å². The number of aromatic hydroxyl groups is 1. The maximum atomic E-state index is 13.1. The van der Waals surface area contributed by atoms with Gasteiger partial charge in [-0.25, -0.2) is 4.79 Å². The molecule has 0 saturated carbocycles. The Hall–Kier alpha value is -3.94. The van der Waals surface area contributed by atoms with E-state index >= 15 is 0 Å². The fourth-order valence-corrected chi connectivity index (χ4v) is 3.81. The fourth-order valence-electron chi connectivity index (χ4n) is 3.81. The highest BCUT2D eigenvalue weighted by molar-refractivity contribution is 5.97. The zero-order valence-electron chi connectivity index (χ0n) is 15.8. The minimum atomic E-state index is -0.550. The summed E-state index contributed by atoms with van der Waals surface area (Å²) in [5.74, 6) is 0.385.